The number of amides is 2. The van der Waals surface area contributed by atoms with Gasteiger partial charge in [-0.15, -0.1) is 12.4 Å². The van der Waals surface area contributed by atoms with Crippen molar-refractivity contribution < 1.29 is 9.59 Å². The van der Waals surface area contributed by atoms with Gasteiger partial charge in [-0.1, -0.05) is 12.8 Å². The molecular weight excluding hydrogens is 326 g/mol. The van der Waals surface area contributed by atoms with Crippen LogP contribution in [0.3, 0.4) is 0 Å². The summed E-state index contributed by atoms with van der Waals surface area (Å²) in [6.07, 6.45) is 5.92. The minimum Gasteiger partial charge on any atom is -0.352 e. The van der Waals surface area contributed by atoms with Gasteiger partial charge in [0.05, 0.1) is 6.04 Å². The molecule has 3 unspecified atom stereocenters. The van der Waals surface area contributed by atoms with Crippen LogP contribution in [0.1, 0.15) is 49.4 Å². The zero-order valence-corrected chi connectivity index (χ0v) is 14.8. The second kappa shape index (κ2) is 8.49. The lowest BCUT2D eigenvalue weighted by atomic mass is 9.85. The fourth-order valence-electron chi connectivity index (χ4n) is 3.72. The van der Waals surface area contributed by atoms with Crippen molar-refractivity contribution in [3.8, 4) is 0 Å². The summed E-state index contributed by atoms with van der Waals surface area (Å²) in [5, 5.41) is 9.20. The molecule has 1 saturated carbocycles. The van der Waals surface area contributed by atoms with Crippen LogP contribution in [0.15, 0.2) is 24.3 Å². The van der Waals surface area contributed by atoms with Crippen LogP contribution >= 0.6 is 12.4 Å². The quantitative estimate of drug-likeness (QED) is 0.781. The number of carbonyl (C=O) groups excluding carboxylic acids is 2. The third-order valence-corrected chi connectivity index (χ3v) is 4.93. The number of halogens is 1. The number of hydrogen-bond acceptors (Lipinski definition) is 3. The fourth-order valence-corrected chi connectivity index (χ4v) is 3.72. The Morgan fingerprint density at radius 1 is 1.17 bits per heavy atom. The van der Waals surface area contributed by atoms with Crippen molar-refractivity contribution in [3.05, 3.63) is 29.8 Å². The van der Waals surface area contributed by atoms with Gasteiger partial charge < -0.3 is 16.0 Å². The standard InChI is InChI=1S/C18H25N3O2.ClH/c1-2-19-17(22)12-7-9-14(10-8-12)20-18(23)16-11-13-5-3-4-6-15(13)21-16;/h7-10,13,15-16,21H,2-6,11H2,1H3,(H,19,22)(H,20,23);1H. The molecule has 3 N–H and O–H groups in total. The number of anilines is 1. The first-order valence-corrected chi connectivity index (χ1v) is 8.62. The van der Waals surface area contributed by atoms with E-state index in [1.165, 1.54) is 25.7 Å². The van der Waals surface area contributed by atoms with Crippen LogP contribution in [0.5, 0.6) is 0 Å². The van der Waals surface area contributed by atoms with Crippen molar-refractivity contribution in [2.45, 2.75) is 51.1 Å². The Morgan fingerprint density at radius 2 is 1.88 bits per heavy atom. The molecule has 132 valence electrons. The highest BCUT2D eigenvalue weighted by Crippen LogP contribution is 2.33. The molecule has 2 aliphatic rings. The monoisotopic (exact) mass is 351 g/mol. The van der Waals surface area contributed by atoms with E-state index >= 15 is 0 Å². The summed E-state index contributed by atoms with van der Waals surface area (Å²) in [5.41, 5.74) is 1.34. The third-order valence-electron chi connectivity index (χ3n) is 4.93. The lowest BCUT2D eigenvalue weighted by Crippen LogP contribution is -2.39. The van der Waals surface area contributed by atoms with E-state index in [-0.39, 0.29) is 30.3 Å². The average Bonchev–Trinajstić information content (AvgIpc) is 3.00. The first-order chi connectivity index (χ1) is 11.2. The van der Waals surface area contributed by atoms with Crippen LogP contribution in [-0.2, 0) is 4.79 Å². The number of fused-ring (bicyclic) bond motifs is 1. The molecule has 5 nitrogen and oxygen atoms in total. The molecule has 2 fully saturated rings. The first-order valence-electron chi connectivity index (χ1n) is 8.62. The van der Waals surface area contributed by atoms with Crippen LogP contribution < -0.4 is 16.0 Å². The second-order valence-electron chi connectivity index (χ2n) is 6.53. The topological polar surface area (TPSA) is 70.2 Å². The summed E-state index contributed by atoms with van der Waals surface area (Å²) in [6, 6.07) is 7.46. The minimum absolute atomic E-state index is 0. The average molecular weight is 352 g/mol. The highest BCUT2D eigenvalue weighted by molar-refractivity contribution is 5.97. The van der Waals surface area contributed by atoms with Gasteiger partial charge >= 0.3 is 0 Å². The SMILES string of the molecule is CCNC(=O)c1ccc(NC(=O)C2CC3CCCCC3N2)cc1.Cl. The van der Waals surface area contributed by atoms with Gasteiger partial charge in [0.15, 0.2) is 0 Å². The summed E-state index contributed by atoms with van der Waals surface area (Å²) < 4.78 is 0. The van der Waals surface area contributed by atoms with Crippen molar-refractivity contribution >= 4 is 29.9 Å². The smallest absolute Gasteiger partial charge is 0.251 e. The van der Waals surface area contributed by atoms with Gasteiger partial charge in [0.25, 0.3) is 5.91 Å². The fraction of sp³-hybridized carbons (Fsp3) is 0.556. The van der Waals surface area contributed by atoms with Crippen LogP contribution in [0, 0.1) is 5.92 Å². The molecule has 1 heterocycles. The molecule has 1 aromatic carbocycles. The second-order valence-corrected chi connectivity index (χ2v) is 6.53. The summed E-state index contributed by atoms with van der Waals surface area (Å²) in [6.45, 7) is 2.49. The Hall–Kier alpha value is -1.59. The van der Waals surface area contributed by atoms with E-state index in [2.05, 4.69) is 16.0 Å². The van der Waals surface area contributed by atoms with Gasteiger partial charge in [-0.05, 0) is 56.4 Å². The molecule has 0 aromatic heterocycles. The lowest BCUT2D eigenvalue weighted by Gasteiger charge is -2.24. The first kappa shape index (κ1) is 18.7. The maximum atomic E-state index is 12.4. The van der Waals surface area contributed by atoms with E-state index in [1.807, 2.05) is 6.92 Å². The molecule has 1 aromatic rings. The molecule has 1 saturated heterocycles. The van der Waals surface area contributed by atoms with Crippen molar-refractivity contribution in [2.75, 3.05) is 11.9 Å². The third kappa shape index (κ3) is 4.28. The van der Waals surface area contributed by atoms with Crippen molar-refractivity contribution in [1.82, 2.24) is 10.6 Å². The molecule has 3 atom stereocenters. The predicted molar refractivity (Wildman–Crippen MR) is 97.6 cm³/mol. The normalized spacial score (nSPS) is 25.3. The van der Waals surface area contributed by atoms with E-state index in [0.29, 0.717) is 24.1 Å². The highest BCUT2D eigenvalue weighted by atomic mass is 35.5. The molecule has 24 heavy (non-hydrogen) atoms. The largest absolute Gasteiger partial charge is 0.352 e. The highest BCUT2D eigenvalue weighted by Gasteiger charge is 2.38. The van der Waals surface area contributed by atoms with Crippen molar-refractivity contribution in [2.24, 2.45) is 5.92 Å². The Labute approximate surface area is 149 Å². The summed E-state index contributed by atoms with van der Waals surface area (Å²) in [7, 11) is 0. The number of benzene rings is 1. The Bertz CT molecular complexity index is 562. The van der Waals surface area contributed by atoms with Crippen LogP contribution in [0.2, 0.25) is 0 Å². The molecule has 0 bridgehead atoms. The predicted octanol–water partition coefficient (Wildman–Crippen LogP) is 2.72. The van der Waals surface area contributed by atoms with E-state index in [1.54, 1.807) is 24.3 Å². The van der Waals surface area contributed by atoms with Gasteiger partial charge in [0, 0.05) is 23.8 Å². The summed E-state index contributed by atoms with van der Waals surface area (Å²) >= 11 is 0. The van der Waals surface area contributed by atoms with Crippen LogP contribution in [0.25, 0.3) is 0 Å². The van der Waals surface area contributed by atoms with Gasteiger partial charge in [-0.25, -0.2) is 0 Å². The Morgan fingerprint density at radius 3 is 2.54 bits per heavy atom. The molecular formula is C18H26ClN3O2. The molecule has 6 heteroatoms. The van der Waals surface area contributed by atoms with Gasteiger partial charge in [-0.3, -0.25) is 9.59 Å². The number of nitrogens with one attached hydrogen (secondary N) is 3. The zero-order chi connectivity index (χ0) is 16.2. The molecule has 1 aliphatic heterocycles. The summed E-state index contributed by atoms with van der Waals surface area (Å²) in [4.78, 5) is 24.1. The number of hydrogen-bond donors (Lipinski definition) is 3. The van der Waals surface area contributed by atoms with E-state index in [0.717, 1.165) is 12.1 Å². The molecule has 3 rings (SSSR count). The maximum Gasteiger partial charge on any atom is 0.251 e. The zero-order valence-electron chi connectivity index (χ0n) is 14.0. The van der Waals surface area contributed by atoms with Crippen LogP contribution in [-0.4, -0.2) is 30.4 Å². The van der Waals surface area contributed by atoms with Gasteiger partial charge in [-0.2, -0.15) is 0 Å². The maximum absolute atomic E-state index is 12.4. The molecule has 2 amide bonds. The molecule has 0 spiro atoms. The number of carbonyl (C=O) groups is 2. The van der Waals surface area contributed by atoms with Crippen LogP contribution in [0.4, 0.5) is 5.69 Å². The Kier molecular flexibility index (Phi) is 6.63. The van der Waals surface area contributed by atoms with Crippen molar-refractivity contribution in [3.63, 3.8) is 0 Å². The minimum atomic E-state index is -0.0915. The van der Waals surface area contributed by atoms with E-state index < -0.39 is 0 Å². The Balaban J connectivity index is 0.00000208. The van der Waals surface area contributed by atoms with Crippen molar-refractivity contribution in [1.29, 1.82) is 0 Å². The van der Waals surface area contributed by atoms with E-state index in [4.69, 9.17) is 0 Å². The summed E-state index contributed by atoms with van der Waals surface area (Å²) in [5.74, 6) is 0.594. The lowest BCUT2D eigenvalue weighted by molar-refractivity contribution is -0.117. The van der Waals surface area contributed by atoms with Gasteiger partial charge in [0.1, 0.15) is 0 Å². The van der Waals surface area contributed by atoms with Gasteiger partial charge in [0.2, 0.25) is 5.91 Å². The number of rotatable bonds is 4. The molecule has 1 aliphatic carbocycles. The van der Waals surface area contributed by atoms with E-state index in [9.17, 15) is 9.59 Å². The molecule has 0 radical (unpaired) electrons.